The van der Waals surface area contributed by atoms with Crippen LogP contribution in [0.3, 0.4) is 0 Å². The van der Waals surface area contributed by atoms with Gasteiger partial charge in [0.15, 0.2) is 15.9 Å². The molecule has 1 atom stereocenters. The van der Waals surface area contributed by atoms with E-state index in [1.54, 1.807) is 0 Å². The second kappa shape index (κ2) is 4.01. The van der Waals surface area contributed by atoms with E-state index in [1.165, 1.54) is 13.2 Å². The van der Waals surface area contributed by atoms with Gasteiger partial charge in [0, 0.05) is 0 Å². The van der Waals surface area contributed by atoms with Gasteiger partial charge < -0.3 is 14.6 Å². The number of rotatable bonds is 2. The molecule has 0 aromatic rings. The van der Waals surface area contributed by atoms with Crippen LogP contribution in [-0.2, 0) is 9.53 Å². The lowest BCUT2D eigenvalue weighted by Crippen LogP contribution is -2.31. The van der Waals surface area contributed by atoms with Gasteiger partial charge in [-0.25, -0.2) is 0 Å². The fourth-order valence-corrected chi connectivity index (χ4v) is 1.68. The Balaban J connectivity index is 3.22. The van der Waals surface area contributed by atoms with Crippen molar-refractivity contribution in [3.8, 4) is 0 Å². The van der Waals surface area contributed by atoms with E-state index in [4.69, 9.17) is 39.5 Å². The third-order valence-corrected chi connectivity index (χ3v) is 3.40. The Kier molecular flexibility index (Phi) is 3.35. The van der Waals surface area contributed by atoms with Gasteiger partial charge in [-0.3, -0.25) is 0 Å². The largest absolute Gasteiger partial charge is 0.503 e. The highest BCUT2D eigenvalue weighted by atomic mass is 35.5. The molecule has 0 fully saturated rings. The highest BCUT2D eigenvalue weighted by Crippen LogP contribution is 2.45. The molecule has 1 N–H and O–H groups in total. The van der Waals surface area contributed by atoms with Crippen molar-refractivity contribution in [1.29, 1.82) is 0 Å². The Bertz CT molecular complexity index is 320. The number of alkyl halides is 2. The number of aliphatic hydroxyl groups excluding tert-OH is 1. The Morgan fingerprint density at radius 2 is 2.21 bits per heavy atom. The Hall–Kier alpha value is -0.380. The van der Waals surface area contributed by atoms with Gasteiger partial charge in [0.1, 0.15) is 11.3 Å². The van der Waals surface area contributed by atoms with Gasteiger partial charge in [0.25, 0.3) is 0 Å². The summed E-state index contributed by atoms with van der Waals surface area (Å²) in [6.07, 6.45) is 1.85. The van der Waals surface area contributed by atoms with E-state index in [9.17, 15) is 9.90 Å². The molecule has 0 saturated heterocycles. The molecule has 0 aromatic carbocycles. The van der Waals surface area contributed by atoms with Crippen molar-refractivity contribution >= 4 is 41.1 Å². The molecular formula is C8H7Cl3O3. The first-order chi connectivity index (χ1) is 6.45. The SMILES string of the molecule is COC1=CC(C=O)C(Cl)(Cl)C(Cl)=C1O. The van der Waals surface area contributed by atoms with Gasteiger partial charge in [0.05, 0.1) is 13.0 Å². The molecular weight excluding hydrogens is 250 g/mol. The molecule has 1 aliphatic carbocycles. The lowest BCUT2D eigenvalue weighted by molar-refractivity contribution is -0.110. The maximum absolute atomic E-state index is 10.7. The van der Waals surface area contributed by atoms with Crippen molar-refractivity contribution in [3.05, 3.63) is 22.6 Å². The monoisotopic (exact) mass is 256 g/mol. The number of halogens is 3. The van der Waals surface area contributed by atoms with E-state index < -0.39 is 10.3 Å². The molecule has 0 radical (unpaired) electrons. The number of aldehydes is 1. The summed E-state index contributed by atoms with van der Waals surface area (Å²) in [4.78, 5) is 10.7. The third kappa shape index (κ3) is 1.72. The van der Waals surface area contributed by atoms with Gasteiger partial charge in [0.2, 0.25) is 0 Å². The van der Waals surface area contributed by atoms with Gasteiger partial charge in [-0.05, 0) is 6.08 Å². The third-order valence-electron chi connectivity index (χ3n) is 1.85. The Morgan fingerprint density at radius 1 is 1.64 bits per heavy atom. The average Bonchev–Trinajstić information content (AvgIpc) is 2.15. The smallest absolute Gasteiger partial charge is 0.175 e. The zero-order chi connectivity index (χ0) is 10.9. The Morgan fingerprint density at radius 3 is 2.64 bits per heavy atom. The van der Waals surface area contributed by atoms with Crippen LogP contribution in [0.2, 0.25) is 0 Å². The zero-order valence-electron chi connectivity index (χ0n) is 7.13. The fraction of sp³-hybridized carbons (Fsp3) is 0.375. The van der Waals surface area contributed by atoms with Gasteiger partial charge in [-0.15, -0.1) is 0 Å². The summed E-state index contributed by atoms with van der Waals surface area (Å²) < 4.78 is 3.16. The van der Waals surface area contributed by atoms with Crippen LogP contribution in [0.15, 0.2) is 22.6 Å². The number of hydrogen-bond acceptors (Lipinski definition) is 3. The minimum Gasteiger partial charge on any atom is -0.503 e. The standard InChI is InChI=1S/C8H7Cl3O3/c1-14-5-2-4(3-12)8(10,11)7(9)6(5)13/h2-4,13H,1H3. The topological polar surface area (TPSA) is 46.5 Å². The van der Waals surface area contributed by atoms with Crippen LogP contribution in [-0.4, -0.2) is 22.8 Å². The molecule has 0 bridgehead atoms. The molecule has 0 heterocycles. The number of carbonyl (C=O) groups excluding carboxylic acids is 1. The lowest BCUT2D eigenvalue weighted by Gasteiger charge is -2.28. The van der Waals surface area contributed by atoms with E-state index in [-0.39, 0.29) is 16.6 Å². The van der Waals surface area contributed by atoms with E-state index in [2.05, 4.69) is 0 Å². The number of allylic oxidation sites excluding steroid dienone is 2. The first kappa shape index (κ1) is 11.7. The van der Waals surface area contributed by atoms with Crippen LogP contribution >= 0.6 is 34.8 Å². The molecule has 1 aliphatic rings. The molecule has 0 spiro atoms. The number of aliphatic hydroxyl groups is 1. The highest BCUT2D eigenvalue weighted by Gasteiger charge is 2.43. The number of hydrogen-bond donors (Lipinski definition) is 1. The van der Waals surface area contributed by atoms with Crippen LogP contribution in [0.1, 0.15) is 0 Å². The fourth-order valence-electron chi connectivity index (χ4n) is 1.05. The van der Waals surface area contributed by atoms with E-state index in [0.717, 1.165) is 0 Å². The zero-order valence-corrected chi connectivity index (χ0v) is 9.40. The normalized spacial score (nSPS) is 25.7. The van der Waals surface area contributed by atoms with Gasteiger partial charge in [-0.1, -0.05) is 34.8 Å². The second-order valence-corrected chi connectivity index (χ2v) is 4.45. The summed E-state index contributed by atoms with van der Waals surface area (Å²) in [7, 11) is 1.34. The summed E-state index contributed by atoms with van der Waals surface area (Å²) in [5.41, 5.74) is 0. The lowest BCUT2D eigenvalue weighted by atomic mass is 9.99. The van der Waals surface area contributed by atoms with Gasteiger partial charge in [-0.2, -0.15) is 0 Å². The van der Waals surface area contributed by atoms with E-state index in [0.29, 0.717) is 6.29 Å². The van der Waals surface area contributed by atoms with Crippen molar-refractivity contribution in [1.82, 2.24) is 0 Å². The van der Waals surface area contributed by atoms with Crippen molar-refractivity contribution in [3.63, 3.8) is 0 Å². The van der Waals surface area contributed by atoms with Crippen LogP contribution in [0.4, 0.5) is 0 Å². The van der Waals surface area contributed by atoms with Crippen molar-refractivity contribution in [2.45, 2.75) is 4.33 Å². The van der Waals surface area contributed by atoms with Crippen LogP contribution in [0.25, 0.3) is 0 Å². The average molecular weight is 258 g/mol. The minimum atomic E-state index is -1.63. The van der Waals surface area contributed by atoms with Gasteiger partial charge >= 0.3 is 0 Å². The van der Waals surface area contributed by atoms with Crippen LogP contribution in [0.5, 0.6) is 0 Å². The molecule has 0 aromatic heterocycles. The second-order valence-electron chi connectivity index (χ2n) is 2.68. The van der Waals surface area contributed by atoms with Crippen LogP contribution < -0.4 is 0 Å². The maximum atomic E-state index is 10.7. The quantitative estimate of drug-likeness (QED) is 0.611. The number of carbonyl (C=O) groups is 1. The molecule has 0 amide bonds. The summed E-state index contributed by atoms with van der Waals surface area (Å²) in [5, 5.41) is 9.25. The summed E-state index contributed by atoms with van der Waals surface area (Å²) in [5.74, 6) is -1.11. The summed E-state index contributed by atoms with van der Waals surface area (Å²) in [6.45, 7) is 0. The maximum Gasteiger partial charge on any atom is 0.175 e. The van der Waals surface area contributed by atoms with E-state index in [1.807, 2.05) is 0 Å². The minimum absolute atomic E-state index is 0.0871. The predicted octanol–water partition coefficient (Wildman–Crippen LogP) is 2.53. The van der Waals surface area contributed by atoms with E-state index >= 15 is 0 Å². The first-order valence-electron chi connectivity index (χ1n) is 3.63. The van der Waals surface area contributed by atoms with Crippen molar-refractivity contribution < 1.29 is 14.6 Å². The highest BCUT2D eigenvalue weighted by molar-refractivity contribution is 6.57. The molecule has 3 nitrogen and oxygen atoms in total. The number of ether oxygens (including phenoxy) is 1. The van der Waals surface area contributed by atoms with Crippen LogP contribution in [0, 0.1) is 5.92 Å². The Labute approximate surface area is 95.9 Å². The molecule has 14 heavy (non-hydrogen) atoms. The number of methoxy groups -OCH3 is 1. The predicted molar refractivity (Wildman–Crippen MR) is 54.6 cm³/mol. The van der Waals surface area contributed by atoms with Crippen molar-refractivity contribution in [2.24, 2.45) is 5.92 Å². The molecule has 6 heteroatoms. The molecule has 0 aliphatic heterocycles. The summed E-state index contributed by atoms with van der Waals surface area (Å²) in [6, 6.07) is 0. The first-order valence-corrected chi connectivity index (χ1v) is 4.77. The summed E-state index contributed by atoms with van der Waals surface area (Å²) >= 11 is 17.3. The molecule has 78 valence electrons. The van der Waals surface area contributed by atoms with Crippen molar-refractivity contribution in [2.75, 3.05) is 7.11 Å². The molecule has 1 unspecified atom stereocenters. The molecule has 0 saturated carbocycles. The molecule has 1 rings (SSSR count).